The number of amides is 3. The van der Waals surface area contributed by atoms with Crippen LogP contribution in [0.4, 0.5) is 4.79 Å². The first-order valence-corrected chi connectivity index (χ1v) is 7.97. The van der Waals surface area contributed by atoms with E-state index < -0.39 is 12.1 Å². The number of nitrogens with one attached hydrogen (secondary N) is 2. The average molecular weight is 324 g/mol. The highest BCUT2D eigenvalue weighted by Crippen LogP contribution is 2.23. The van der Waals surface area contributed by atoms with E-state index in [0.717, 1.165) is 29.7 Å². The van der Waals surface area contributed by atoms with Crippen LogP contribution < -0.4 is 15.4 Å². The summed E-state index contributed by atoms with van der Waals surface area (Å²) in [6.45, 7) is 0. The Morgan fingerprint density at radius 2 is 1.79 bits per heavy atom. The standard InChI is InChI=1S/C19H20N2O3/c1-24-17-10-8-14(12-16-18(22)21-19(23)20-16)11-15(17)9-7-13-5-3-2-4-6-13/h2-6,8,10-11,16H,7,9,12H2,1H3,(H2,20,21,22,23). The fourth-order valence-electron chi connectivity index (χ4n) is 2.92. The molecule has 0 aromatic heterocycles. The van der Waals surface area contributed by atoms with E-state index in [1.54, 1.807) is 7.11 Å². The Morgan fingerprint density at radius 1 is 1.00 bits per heavy atom. The molecule has 24 heavy (non-hydrogen) atoms. The van der Waals surface area contributed by atoms with E-state index in [0.29, 0.717) is 6.42 Å². The Kier molecular flexibility index (Phi) is 4.79. The number of urea groups is 1. The first-order chi connectivity index (χ1) is 11.7. The zero-order chi connectivity index (χ0) is 16.9. The third kappa shape index (κ3) is 3.74. The Balaban J connectivity index is 1.73. The van der Waals surface area contributed by atoms with E-state index in [4.69, 9.17) is 4.74 Å². The molecular weight excluding hydrogens is 304 g/mol. The molecule has 1 heterocycles. The molecule has 3 rings (SSSR count). The van der Waals surface area contributed by atoms with Crippen LogP contribution in [-0.2, 0) is 24.1 Å². The number of carbonyl (C=O) groups is 2. The van der Waals surface area contributed by atoms with Crippen molar-refractivity contribution in [3.05, 3.63) is 65.2 Å². The number of aryl methyl sites for hydroxylation is 2. The average Bonchev–Trinajstić information content (AvgIpc) is 2.91. The maximum Gasteiger partial charge on any atom is 0.322 e. The first kappa shape index (κ1) is 16.1. The van der Waals surface area contributed by atoms with E-state index in [1.165, 1.54) is 5.56 Å². The summed E-state index contributed by atoms with van der Waals surface area (Å²) >= 11 is 0. The molecule has 2 aromatic rings. The van der Waals surface area contributed by atoms with Gasteiger partial charge in [-0.05, 0) is 35.6 Å². The zero-order valence-corrected chi connectivity index (χ0v) is 13.5. The Hall–Kier alpha value is -2.82. The van der Waals surface area contributed by atoms with Gasteiger partial charge >= 0.3 is 6.03 Å². The second kappa shape index (κ2) is 7.17. The molecule has 0 aliphatic carbocycles. The summed E-state index contributed by atoms with van der Waals surface area (Å²) in [4.78, 5) is 22.9. The minimum atomic E-state index is -0.507. The molecule has 2 N–H and O–H groups in total. The lowest BCUT2D eigenvalue weighted by molar-refractivity contribution is -0.120. The van der Waals surface area contributed by atoms with Gasteiger partial charge in [-0.1, -0.05) is 42.5 Å². The molecule has 1 aliphatic rings. The van der Waals surface area contributed by atoms with Gasteiger partial charge in [0.1, 0.15) is 11.8 Å². The molecule has 0 bridgehead atoms. The highest BCUT2D eigenvalue weighted by molar-refractivity contribution is 6.04. The van der Waals surface area contributed by atoms with Gasteiger partial charge in [0, 0.05) is 6.42 Å². The van der Waals surface area contributed by atoms with E-state index in [2.05, 4.69) is 28.8 Å². The monoisotopic (exact) mass is 324 g/mol. The summed E-state index contributed by atoms with van der Waals surface area (Å²) in [6.07, 6.45) is 2.24. The van der Waals surface area contributed by atoms with Crippen LogP contribution in [0, 0.1) is 0 Å². The highest BCUT2D eigenvalue weighted by atomic mass is 16.5. The van der Waals surface area contributed by atoms with Crippen LogP contribution in [0.15, 0.2) is 48.5 Å². The molecular formula is C19H20N2O3. The molecule has 124 valence electrons. The van der Waals surface area contributed by atoms with Gasteiger partial charge in [0.05, 0.1) is 7.11 Å². The summed E-state index contributed by atoms with van der Waals surface area (Å²) in [5.74, 6) is 0.566. The molecule has 5 nitrogen and oxygen atoms in total. The Bertz CT molecular complexity index is 744. The predicted molar refractivity (Wildman–Crippen MR) is 91.0 cm³/mol. The molecule has 1 unspecified atom stereocenters. The first-order valence-electron chi connectivity index (χ1n) is 7.97. The van der Waals surface area contributed by atoms with Gasteiger partial charge in [-0.25, -0.2) is 4.79 Å². The number of hydrogen-bond donors (Lipinski definition) is 2. The second-order valence-corrected chi connectivity index (χ2v) is 5.85. The van der Waals surface area contributed by atoms with Gasteiger partial charge in [-0.3, -0.25) is 10.1 Å². The van der Waals surface area contributed by atoms with Crippen molar-refractivity contribution in [1.82, 2.24) is 10.6 Å². The van der Waals surface area contributed by atoms with Crippen LogP contribution in [0.5, 0.6) is 5.75 Å². The highest BCUT2D eigenvalue weighted by Gasteiger charge is 2.29. The topological polar surface area (TPSA) is 67.4 Å². The molecule has 1 saturated heterocycles. The largest absolute Gasteiger partial charge is 0.496 e. The Morgan fingerprint density at radius 3 is 2.46 bits per heavy atom. The number of methoxy groups -OCH3 is 1. The fourth-order valence-corrected chi connectivity index (χ4v) is 2.92. The molecule has 1 aliphatic heterocycles. The van der Waals surface area contributed by atoms with Crippen molar-refractivity contribution < 1.29 is 14.3 Å². The number of imide groups is 1. The number of rotatable bonds is 6. The summed E-state index contributed by atoms with van der Waals surface area (Å²) in [7, 11) is 1.66. The normalized spacial score (nSPS) is 16.6. The molecule has 5 heteroatoms. The van der Waals surface area contributed by atoms with Gasteiger partial charge in [-0.2, -0.15) is 0 Å². The minimum Gasteiger partial charge on any atom is -0.496 e. The van der Waals surface area contributed by atoms with Crippen LogP contribution in [0.3, 0.4) is 0 Å². The summed E-state index contributed by atoms with van der Waals surface area (Å²) < 4.78 is 5.45. The van der Waals surface area contributed by atoms with E-state index in [1.807, 2.05) is 30.3 Å². The molecule has 2 aromatic carbocycles. The number of carbonyl (C=O) groups excluding carboxylic acids is 2. The number of hydrogen-bond acceptors (Lipinski definition) is 3. The molecule has 0 saturated carbocycles. The maximum atomic E-state index is 11.7. The zero-order valence-electron chi connectivity index (χ0n) is 13.5. The molecule has 0 radical (unpaired) electrons. The Labute approximate surface area is 141 Å². The van der Waals surface area contributed by atoms with E-state index in [9.17, 15) is 9.59 Å². The maximum absolute atomic E-state index is 11.7. The van der Waals surface area contributed by atoms with Crippen molar-refractivity contribution in [3.8, 4) is 5.75 Å². The molecule has 3 amide bonds. The minimum absolute atomic E-state index is 0.276. The van der Waals surface area contributed by atoms with Gasteiger partial charge in [-0.15, -0.1) is 0 Å². The lowest BCUT2D eigenvalue weighted by Gasteiger charge is -2.13. The van der Waals surface area contributed by atoms with Gasteiger partial charge in [0.2, 0.25) is 0 Å². The van der Waals surface area contributed by atoms with Gasteiger partial charge in [0.25, 0.3) is 5.91 Å². The number of ether oxygens (including phenoxy) is 1. The third-order valence-corrected chi connectivity index (χ3v) is 4.17. The third-order valence-electron chi connectivity index (χ3n) is 4.17. The van der Waals surface area contributed by atoms with Crippen LogP contribution in [0.1, 0.15) is 16.7 Å². The van der Waals surface area contributed by atoms with Crippen LogP contribution >= 0.6 is 0 Å². The quantitative estimate of drug-likeness (QED) is 0.801. The van der Waals surface area contributed by atoms with Crippen molar-refractivity contribution in [3.63, 3.8) is 0 Å². The van der Waals surface area contributed by atoms with Crippen molar-refractivity contribution in [2.24, 2.45) is 0 Å². The van der Waals surface area contributed by atoms with E-state index >= 15 is 0 Å². The van der Waals surface area contributed by atoms with E-state index in [-0.39, 0.29) is 5.91 Å². The van der Waals surface area contributed by atoms with Crippen LogP contribution in [0.2, 0.25) is 0 Å². The summed E-state index contributed by atoms with van der Waals surface area (Å²) in [5, 5.41) is 4.88. The van der Waals surface area contributed by atoms with Crippen molar-refractivity contribution >= 4 is 11.9 Å². The summed E-state index contributed by atoms with van der Waals surface area (Å²) in [5.41, 5.74) is 3.37. The second-order valence-electron chi connectivity index (χ2n) is 5.85. The van der Waals surface area contributed by atoms with Gasteiger partial charge in [0.15, 0.2) is 0 Å². The van der Waals surface area contributed by atoms with Crippen LogP contribution in [0.25, 0.3) is 0 Å². The van der Waals surface area contributed by atoms with Crippen LogP contribution in [-0.4, -0.2) is 25.1 Å². The van der Waals surface area contributed by atoms with Gasteiger partial charge < -0.3 is 10.1 Å². The predicted octanol–water partition coefficient (Wildman–Crippen LogP) is 2.23. The lowest BCUT2D eigenvalue weighted by Crippen LogP contribution is -2.31. The smallest absolute Gasteiger partial charge is 0.322 e. The SMILES string of the molecule is COc1ccc(CC2NC(=O)NC2=O)cc1CCc1ccccc1. The molecule has 1 atom stereocenters. The summed E-state index contributed by atoms with van der Waals surface area (Å²) in [6, 6.07) is 15.3. The van der Waals surface area contributed by atoms with Crippen molar-refractivity contribution in [1.29, 1.82) is 0 Å². The molecule has 0 spiro atoms. The fraction of sp³-hybridized carbons (Fsp3) is 0.263. The van der Waals surface area contributed by atoms with Crippen molar-refractivity contribution in [2.75, 3.05) is 7.11 Å². The molecule has 1 fully saturated rings. The van der Waals surface area contributed by atoms with Crippen molar-refractivity contribution in [2.45, 2.75) is 25.3 Å². The lowest BCUT2D eigenvalue weighted by atomic mass is 9.98. The number of benzene rings is 2.